The van der Waals surface area contributed by atoms with Crippen molar-refractivity contribution in [3.63, 3.8) is 0 Å². The second kappa shape index (κ2) is 5.59. The van der Waals surface area contributed by atoms with E-state index in [4.69, 9.17) is 4.42 Å². The standard InChI is InChI=1S/C16H26N4O/c1-2-6-16(7-3-1)8-10-20(11-9-16)15-19-18-14(21-15)12-17-13-4-5-13/h13,17H,1-12H2. The van der Waals surface area contributed by atoms with E-state index in [9.17, 15) is 0 Å². The number of hydrogen-bond donors (Lipinski definition) is 1. The number of anilines is 1. The first-order valence-electron chi connectivity index (χ1n) is 8.64. The van der Waals surface area contributed by atoms with Gasteiger partial charge in [-0.15, -0.1) is 5.10 Å². The number of aromatic nitrogens is 2. The van der Waals surface area contributed by atoms with Gasteiger partial charge in [0, 0.05) is 19.1 Å². The fourth-order valence-electron chi connectivity index (χ4n) is 3.94. The molecule has 0 radical (unpaired) electrons. The fourth-order valence-corrected chi connectivity index (χ4v) is 3.94. The molecule has 3 fully saturated rings. The summed E-state index contributed by atoms with van der Waals surface area (Å²) in [6.45, 7) is 2.88. The van der Waals surface area contributed by atoms with Crippen molar-refractivity contribution in [3.8, 4) is 0 Å². The van der Waals surface area contributed by atoms with Crippen LogP contribution < -0.4 is 10.2 Å². The molecule has 1 spiro atoms. The van der Waals surface area contributed by atoms with E-state index in [1.54, 1.807) is 0 Å². The predicted octanol–water partition coefficient (Wildman–Crippen LogP) is 2.87. The first-order chi connectivity index (χ1) is 10.3. The van der Waals surface area contributed by atoms with Crippen molar-refractivity contribution in [2.24, 2.45) is 5.41 Å². The third-order valence-corrected chi connectivity index (χ3v) is 5.58. The van der Waals surface area contributed by atoms with Gasteiger partial charge in [-0.2, -0.15) is 0 Å². The summed E-state index contributed by atoms with van der Waals surface area (Å²) >= 11 is 0. The van der Waals surface area contributed by atoms with Crippen LogP contribution in [0.4, 0.5) is 6.01 Å². The molecule has 0 unspecified atom stereocenters. The first kappa shape index (κ1) is 13.6. The monoisotopic (exact) mass is 290 g/mol. The Kier molecular flexibility index (Phi) is 3.61. The molecule has 2 saturated carbocycles. The first-order valence-corrected chi connectivity index (χ1v) is 8.64. The molecule has 5 nitrogen and oxygen atoms in total. The number of piperidine rings is 1. The molecule has 5 heteroatoms. The van der Waals surface area contributed by atoms with Crippen LogP contribution >= 0.6 is 0 Å². The molecule has 0 bridgehead atoms. The second-order valence-electron chi connectivity index (χ2n) is 7.18. The highest BCUT2D eigenvalue weighted by molar-refractivity contribution is 5.25. The molecule has 1 saturated heterocycles. The molecular formula is C16H26N4O. The Labute approximate surface area is 126 Å². The van der Waals surface area contributed by atoms with E-state index in [2.05, 4.69) is 20.4 Å². The van der Waals surface area contributed by atoms with Gasteiger partial charge in [0.15, 0.2) is 0 Å². The average molecular weight is 290 g/mol. The summed E-state index contributed by atoms with van der Waals surface area (Å²) in [6.07, 6.45) is 12.3. The molecule has 4 rings (SSSR count). The van der Waals surface area contributed by atoms with E-state index in [0.717, 1.165) is 31.5 Å². The van der Waals surface area contributed by atoms with Crippen molar-refractivity contribution in [1.29, 1.82) is 0 Å². The van der Waals surface area contributed by atoms with Crippen molar-refractivity contribution < 1.29 is 4.42 Å². The fraction of sp³-hybridized carbons (Fsp3) is 0.875. The van der Waals surface area contributed by atoms with Crippen LogP contribution in [0.3, 0.4) is 0 Å². The third kappa shape index (κ3) is 3.07. The van der Waals surface area contributed by atoms with Gasteiger partial charge in [-0.3, -0.25) is 0 Å². The molecule has 1 aromatic heterocycles. The van der Waals surface area contributed by atoms with Crippen molar-refractivity contribution >= 4 is 6.01 Å². The molecule has 21 heavy (non-hydrogen) atoms. The van der Waals surface area contributed by atoms with Crippen LogP contribution in [0, 0.1) is 5.41 Å². The van der Waals surface area contributed by atoms with Crippen molar-refractivity contribution in [2.45, 2.75) is 70.4 Å². The van der Waals surface area contributed by atoms with Gasteiger partial charge in [-0.1, -0.05) is 24.4 Å². The Balaban J connectivity index is 1.32. The second-order valence-corrected chi connectivity index (χ2v) is 7.18. The highest BCUT2D eigenvalue weighted by atomic mass is 16.4. The average Bonchev–Trinajstić information content (AvgIpc) is 3.24. The van der Waals surface area contributed by atoms with Crippen LogP contribution in [0.5, 0.6) is 0 Å². The normalized spacial score (nSPS) is 25.4. The summed E-state index contributed by atoms with van der Waals surface area (Å²) in [6, 6.07) is 1.41. The zero-order valence-corrected chi connectivity index (χ0v) is 12.8. The third-order valence-electron chi connectivity index (χ3n) is 5.58. The van der Waals surface area contributed by atoms with Gasteiger partial charge in [0.2, 0.25) is 5.89 Å². The van der Waals surface area contributed by atoms with Gasteiger partial charge in [0.25, 0.3) is 0 Å². The number of rotatable bonds is 4. The van der Waals surface area contributed by atoms with Crippen molar-refractivity contribution in [1.82, 2.24) is 15.5 Å². The van der Waals surface area contributed by atoms with E-state index in [1.807, 2.05) is 0 Å². The molecule has 1 N–H and O–H groups in total. The minimum absolute atomic E-state index is 0.630. The van der Waals surface area contributed by atoms with Gasteiger partial charge in [0.05, 0.1) is 6.54 Å². The lowest BCUT2D eigenvalue weighted by molar-refractivity contribution is 0.142. The van der Waals surface area contributed by atoms with Crippen LogP contribution in [0.15, 0.2) is 4.42 Å². The zero-order valence-electron chi connectivity index (χ0n) is 12.8. The van der Waals surface area contributed by atoms with Gasteiger partial charge in [0.1, 0.15) is 0 Å². The molecule has 0 atom stereocenters. The van der Waals surface area contributed by atoms with Crippen molar-refractivity contribution in [3.05, 3.63) is 5.89 Å². The molecule has 2 aliphatic carbocycles. The summed E-state index contributed by atoms with van der Waals surface area (Å²) in [5, 5.41) is 11.8. The lowest BCUT2D eigenvalue weighted by atomic mass is 9.68. The Morgan fingerprint density at radius 3 is 2.52 bits per heavy atom. The number of nitrogens with zero attached hydrogens (tertiary/aromatic N) is 3. The molecule has 0 aromatic carbocycles. The van der Waals surface area contributed by atoms with E-state index in [0.29, 0.717) is 11.5 Å². The maximum absolute atomic E-state index is 5.82. The van der Waals surface area contributed by atoms with Crippen LogP contribution in [0.1, 0.15) is 63.7 Å². The number of nitrogens with one attached hydrogen (secondary N) is 1. The maximum Gasteiger partial charge on any atom is 0.318 e. The Hall–Kier alpha value is -1.10. The predicted molar refractivity (Wildman–Crippen MR) is 81.1 cm³/mol. The summed E-state index contributed by atoms with van der Waals surface area (Å²) in [7, 11) is 0. The molecule has 3 aliphatic rings. The SMILES string of the molecule is C1CCC2(CC1)CCN(c1nnc(CNC3CC3)o1)CC2. The molecule has 1 aliphatic heterocycles. The van der Waals surface area contributed by atoms with Gasteiger partial charge in [-0.25, -0.2) is 0 Å². The van der Waals surface area contributed by atoms with Crippen LogP contribution in [0.25, 0.3) is 0 Å². The van der Waals surface area contributed by atoms with E-state index >= 15 is 0 Å². The molecule has 2 heterocycles. The molecule has 1 aromatic rings. The zero-order chi connectivity index (χ0) is 14.1. The van der Waals surface area contributed by atoms with Crippen LogP contribution in [-0.4, -0.2) is 29.3 Å². The van der Waals surface area contributed by atoms with E-state index in [1.165, 1.54) is 57.8 Å². The molecular weight excluding hydrogens is 264 g/mol. The molecule has 116 valence electrons. The topological polar surface area (TPSA) is 54.2 Å². The van der Waals surface area contributed by atoms with Gasteiger partial charge in [-0.05, 0) is 43.9 Å². The highest BCUT2D eigenvalue weighted by Gasteiger charge is 2.36. The van der Waals surface area contributed by atoms with E-state index < -0.39 is 0 Å². The minimum Gasteiger partial charge on any atom is -0.407 e. The largest absolute Gasteiger partial charge is 0.407 e. The Morgan fingerprint density at radius 1 is 1.05 bits per heavy atom. The van der Waals surface area contributed by atoms with Crippen molar-refractivity contribution in [2.75, 3.05) is 18.0 Å². The Morgan fingerprint density at radius 2 is 1.81 bits per heavy atom. The summed E-state index contributed by atoms with van der Waals surface area (Å²) < 4.78 is 5.82. The van der Waals surface area contributed by atoms with Crippen LogP contribution in [0.2, 0.25) is 0 Å². The quantitative estimate of drug-likeness (QED) is 0.924. The maximum atomic E-state index is 5.82. The summed E-state index contributed by atoms with van der Waals surface area (Å²) in [5.74, 6) is 0.731. The summed E-state index contributed by atoms with van der Waals surface area (Å²) in [4.78, 5) is 2.29. The van der Waals surface area contributed by atoms with Gasteiger partial charge >= 0.3 is 6.01 Å². The highest BCUT2D eigenvalue weighted by Crippen LogP contribution is 2.44. The minimum atomic E-state index is 0.630. The lowest BCUT2D eigenvalue weighted by Gasteiger charge is -2.43. The smallest absolute Gasteiger partial charge is 0.318 e. The lowest BCUT2D eigenvalue weighted by Crippen LogP contribution is -2.41. The van der Waals surface area contributed by atoms with E-state index in [-0.39, 0.29) is 0 Å². The van der Waals surface area contributed by atoms with Gasteiger partial charge < -0.3 is 14.6 Å². The summed E-state index contributed by atoms with van der Waals surface area (Å²) in [5.41, 5.74) is 0.630. The number of hydrogen-bond acceptors (Lipinski definition) is 5. The Bertz CT molecular complexity index is 466. The van der Waals surface area contributed by atoms with Crippen LogP contribution in [-0.2, 0) is 6.54 Å². The molecule has 0 amide bonds.